The molecule has 94 valence electrons. The van der Waals surface area contributed by atoms with Crippen LogP contribution in [0.15, 0.2) is 23.3 Å². The highest BCUT2D eigenvalue weighted by atomic mass is 14.2. The molecule has 2 aliphatic rings. The highest BCUT2D eigenvalue weighted by molar-refractivity contribution is 5.30. The van der Waals surface area contributed by atoms with Crippen LogP contribution >= 0.6 is 0 Å². The van der Waals surface area contributed by atoms with Crippen LogP contribution in [0.5, 0.6) is 0 Å². The van der Waals surface area contributed by atoms with Crippen molar-refractivity contribution < 1.29 is 0 Å². The van der Waals surface area contributed by atoms with Gasteiger partial charge in [0.25, 0.3) is 0 Å². The van der Waals surface area contributed by atoms with Gasteiger partial charge in [0.05, 0.1) is 0 Å². The van der Waals surface area contributed by atoms with Gasteiger partial charge in [-0.3, -0.25) is 0 Å². The SMILES string of the molecule is CC.CC.CC1=CC=C(C2CCCCC2)C1. The second kappa shape index (κ2) is 9.69. The highest BCUT2D eigenvalue weighted by Gasteiger charge is 2.19. The van der Waals surface area contributed by atoms with Crippen LogP contribution in [0.3, 0.4) is 0 Å². The molecule has 1 saturated carbocycles. The summed E-state index contributed by atoms with van der Waals surface area (Å²) in [5.41, 5.74) is 3.27. The lowest BCUT2D eigenvalue weighted by molar-refractivity contribution is 0.399. The van der Waals surface area contributed by atoms with E-state index < -0.39 is 0 Å². The van der Waals surface area contributed by atoms with E-state index in [0.29, 0.717) is 0 Å². The summed E-state index contributed by atoms with van der Waals surface area (Å²) in [4.78, 5) is 0. The first kappa shape index (κ1) is 15.5. The van der Waals surface area contributed by atoms with Gasteiger partial charge in [-0.25, -0.2) is 0 Å². The Morgan fingerprint density at radius 1 is 0.875 bits per heavy atom. The summed E-state index contributed by atoms with van der Waals surface area (Å²) >= 11 is 0. The lowest BCUT2D eigenvalue weighted by atomic mass is 9.83. The number of rotatable bonds is 1. The number of hydrogen-bond acceptors (Lipinski definition) is 0. The molecule has 0 aliphatic heterocycles. The summed E-state index contributed by atoms with van der Waals surface area (Å²) < 4.78 is 0. The van der Waals surface area contributed by atoms with Crippen LogP contribution < -0.4 is 0 Å². The molecular weight excluding hydrogens is 192 g/mol. The van der Waals surface area contributed by atoms with Gasteiger partial charge in [-0.05, 0) is 32.1 Å². The summed E-state index contributed by atoms with van der Waals surface area (Å²) in [5.74, 6) is 0.937. The monoisotopic (exact) mass is 222 g/mol. The van der Waals surface area contributed by atoms with E-state index in [9.17, 15) is 0 Å². The van der Waals surface area contributed by atoms with Crippen LogP contribution in [0.2, 0.25) is 0 Å². The van der Waals surface area contributed by atoms with Crippen molar-refractivity contribution in [3.8, 4) is 0 Å². The summed E-state index contributed by atoms with van der Waals surface area (Å²) in [7, 11) is 0. The smallest absolute Gasteiger partial charge is 0.0102 e. The lowest BCUT2D eigenvalue weighted by Gasteiger charge is -2.23. The van der Waals surface area contributed by atoms with Crippen LogP contribution in [0.4, 0.5) is 0 Å². The molecule has 0 aromatic rings. The normalized spacial score (nSPS) is 19.8. The maximum atomic E-state index is 2.37. The molecule has 1 fully saturated rings. The standard InChI is InChI=1S/C12H18.2C2H6/c1-10-7-8-12(9-10)11-5-3-2-4-6-11;2*1-2/h7-8,11H,2-6,9H2,1H3;2*1-2H3. The Hall–Kier alpha value is -0.520. The fraction of sp³-hybridized carbons (Fsp3) is 0.750. The Labute approximate surface area is 103 Å². The topological polar surface area (TPSA) is 0 Å². The average molecular weight is 222 g/mol. The van der Waals surface area contributed by atoms with Gasteiger partial charge in [0.15, 0.2) is 0 Å². The zero-order valence-corrected chi connectivity index (χ0v) is 12.0. The van der Waals surface area contributed by atoms with Crippen LogP contribution in [-0.4, -0.2) is 0 Å². The molecule has 0 radical (unpaired) electrons. The molecule has 0 saturated heterocycles. The molecule has 0 aromatic heterocycles. The molecule has 2 rings (SSSR count). The van der Waals surface area contributed by atoms with Crippen LogP contribution in [0, 0.1) is 5.92 Å². The molecule has 0 unspecified atom stereocenters. The van der Waals surface area contributed by atoms with E-state index >= 15 is 0 Å². The molecule has 0 nitrogen and oxygen atoms in total. The minimum Gasteiger partial charge on any atom is -0.0693 e. The number of hydrogen-bond donors (Lipinski definition) is 0. The Morgan fingerprint density at radius 2 is 1.44 bits per heavy atom. The van der Waals surface area contributed by atoms with Gasteiger partial charge in [0.1, 0.15) is 0 Å². The first-order valence-corrected chi connectivity index (χ1v) is 7.22. The van der Waals surface area contributed by atoms with Gasteiger partial charge in [0.2, 0.25) is 0 Å². The van der Waals surface area contributed by atoms with Gasteiger partial charge >= 0.3 is 0 Å². The van der Waals surface area contributed by atoms with E-state index in [2.05, 4.69) is 19.1 Å². The second-order valence-corrected chi connectivity index (χ2v) is 4.27. The lowest BCUT2D eigenvalue weighted by Crippen LogP contribution is -2.08. The van der Waals surface area contributed by atoms with Crippen molar-refractivity contribution >= 4 is 0 Å². The maximum Gasteiger partial charge on any atom is -0.0102 e. The fourth-order valence-electron chi connectivity index (χ4n) is 2.44. The van der Waals surface area contributed by atoms with Gasteiger partial charge in [-0.15, -0.1) is 0 Å². The van der Waals surface area contributed by atoms with E-state index in [4.69, 9.17) is 0 Å². The third-order valence-electron chi connectivity index (χ3n) is 3.19. The second-order valence-electron chi connectivity index (χ2n) is 4.27. The summed E-state index contributed by atoms with van der Waals surface area (Å²) in [6.45, 7) is 10.2. The fourth-order valence-corrected chi connectivity index (χ4v) is 2.44. The molecule has 0 bridgehead atoms. The van der Waals surface area contributed by atoms with Crippen molar-refractivity contribution in [3.05, 3.63) is 23.3 Å². The summed E-state index contributed by atoms with van der Waals surface area (Å²) in [5, 5.41) is 0. The van der Waals surface area contributed by atoms with Crippen LogP contribution in [0.25, 0.3) is 0 Å². The Bertz CT molecular complexity index is 214. The first-order valence-electron chi connectivity index (χ1n) is 7.22. The van der Waals surface area contributed by atoms with Crippen molar-refractivity contribution in [1.82, 2.24) is 0 Å². The zero-order valence-electron chi connectivity index (χ0n) is 12.0. The molecular formula is C16H30. The largest absolute Gasteiger partial charge is 0.0693 e. The van der Waals surface area contributed by atoms with Gasteiger partial charge in [-0.2, -0.15) is 0 Å². The van der Waals surface area contributed by atoms with Crippen molar-refractivity contribution in [2.24, 2.45) is 5.92 Å². The molecule has 0 heteroatoms. The van der Waals surface area contributed by atoms with E-state index in [1.165, 1.54) is 38.5 Å². The summed E-state index contributed by atoms with van der Waals surface area (Å²) in [6.07, 6.45) is 13.2. The van der Waals surface area contributed by atoms with E-state index in [1.54, 1.807) is 11.1 Å². The zero-order chi connectivity index (χ0) is 12.4. The third kappa shape index (κ3) is 5.01. The Balaban J connectivity index is 0.000000509. The average Bonchev–Trinajstić information content (AvgIpc) is 2.82. The van der Waals surface area contributed by atoms with Crippen molar-refractivity contribution in [3.63, 3.8) is 0 Å². The molecule has 0 spiro atoms. The molecule has 0 N–H and O–H groups in total. The molecule has 0 aromatic carbocycles. The predicted molar refractivity (Wildman–Crippen MR) is 75.7 cm³/mol. The summed E-state index contributed by atoms with van der Waals surface area (Å²) in [6, 6.07) is 0. The molecule has 2 aliphatic carbocycles. The predicted octanol–water partition coefficient (Wildman–Crippen LogP) is 5.90. The quantitative estimate of drug-likeness (QED) is 0.518. The molecule has 16 heavy (non-hydrogen) atoms. The van der Waals surface area contributed by atoms with Crippen LogP contribution in [0.1, 0.15) is 73.1 Å². The van der Waals surface area contributed by atoms with Gasteiger partial charge in [0, 0.05) is 0 Å². The van der Waals surface area contributed by atoms with Gasteiger partial charge in [-0.1, -0.05) is 70.3 Å². The van der Waals surface area contributed by atoms with E-state index in [1.807, 2.05) is 27.7 Å². The minimum absolute atomic E-state index is 0.937. The van der Waals surface area contributed by atoms with Crippen molar-refractivity contribution in [2.75, 3.05) is 0 Å². The van der Waals surface area contributed by atoms with E-state index in [0.717, 1.165) is 5.92 Å². The molecule has 0 atom stereocenters. The van der Waals surface area contributed by atoms with Crippen molar-refractivity contribution in [1.29, 1.82) is 0 Å². The maximum absolute atomic E-state index is 2.37. The molecule has 0 amide bonds. The third-order valence-corrected chi connectivity index (χ3v) is 3.19. The van der Waals surface area contributed by atoms with E-state index in [-0.39, 0.29) is 0 Å². The van der Waals surface area contributed by atoms with Crippen molar-refractivity contribution in [2.45, 2.75) is 73.1 Å². The highest BCUT2D eigenvalue weighted by Crippen LogP contribution is 2.35. The van der Waals surface area contributed by atoms with Gasteiger partial charge < -0.3 is 0 Å². The number of allylic oxidation sites excluding steroid dienone is 4. The molecule has 0 heterocycles. The Kier molecular flexibility index (Phi) is 9.37. The Morgan fingerprint density at radius 3 is 1.88 bits per heavy atom. The van der Waals surface area contributed by atoms with Crippen LogP contribution in [-0.2, 0) is 0 Å². The minimum atomic E-state index is 0.937. The first-order chi connectivity index (χ1) is 7.86.